The lowest BCUT2D eigenvalue weighted by Gasteiger charge is -2.28. The normalized spacial score (nSPS) is 15.1. The van der Waals surface area contributed by atoms with Gasteiger partial charge < -0.3 is 19.3 Å². The van der Waals surface area contributed by atoms with Crippen molar-refractivity contribution >= 4 is 34.2 Å². The number of benzene rings is 3. The monoisotopic (exact) mass is 558 g/mol. The molecule has 206 valence electrons. The Labute approximate surface area is 235 Å². The lowest BCUT2D eigenvalue weighted by molar-refractivity contribution is -0.139. The SMILES string of the molecule is CCCC1=C(C(=O)OCC)[C@H](c2c(OC)ccc3ccccc23)n2c(s/c(=C\c3ccc(O)c(OC)c3)c2=O)=N1. The average Bonchev–Trinajstić information content (AvgIpc) is 3.27. The molecule has 1 atom stereocenters. The number of phenols is 1. The third kappa shape index (κ3) is 4.77. The number of carbonyl (C=O) groups excluding carboxylic acids is 1. The van der Waals surface area contributed by atoms with Crippen molar-refractivity contribution in [1.82, 2.24) is 4.57 Å². The minimum Gasteiger partial charge on any atom is -0.504 e. The molecule has 1 aliphatic rings. The Balaban J connectivity index is 1.86. The molecule has 0 fully saturated rings. The molecule has 1 N–H and O–H groups in total. The zero-order valence-electron chi connectivity index (χ0n) is 22.8. The van der Waals surface area contributed by atoms with Crippen LogP contribution in [0.4, 0.5) is 0 Å². The Kier molecular flexibility index (Phi) is 7.75. The zero-order valence-corrected chi connectivity index (χ0v) is 23.6. The summed E-state index contributed by atoms with van der Waals surface area (Å²) < 4.78 is 18.6. The van der Waals surface area contributed by atoms with E-state index in [0.717, 1.165) is 17.2 Å². The molecule has 5 rings (SSSR count). The fourth-order valence-corrected chi connectivity index (χ4v) is 6.08. The highest BCUT2D eigenvalue weighted by molar-refractivity contribution is 7.07. The molecule has 9 heteroatoms. The fraction of sp³-hybridized carbons (Fsp3) is 0.258. The molecule has 0 bridgehead atoms. The van der Waals surface area contributed by atoms with E-state index in [0.29, 0.717) is 49.7 Å². The van der Waals surface area contributed by atoms with Crippen LogP contribution in [0.2, 0.25) is 0 Å². The van der Waals surface area contributed by atoms with Crippen molar-refractivity contribution in [2.24, 2.45) is 4.99 Å². The molecule has 0 spiro atoms. The van der Waals surface area contributed by atoms with Gasteiger partial charge in [0, 0.05) is 5.56 Å². The predicted octanol–water partition coefficient (Wildman–Crippen LogP) is 4.45. The van der Waals surface area contributed by atoms with Crippen LogP contribution < -0.4 is 24.4 Å². The van der Waals surface area contributed by atoms with Crippen LogP contribution in [0.3, 0.4) is 0 Å². The molecule has 1 aromatic heterocycles. The zero-order chi connectivity index (χ0) is 28.4. The van der Waals surface area contributed by atoms with Crippen molar-refractivity contribution in [3.63, 3.8) is 0 Å². The van der Waals surface area contributed by atoms with E-state index in [1.54, 1.807) is 36.8 Å². The number of thiazole rings is 1. The molecule has 0 saturated heterocycles. The summed E-state index contributed by atoms with van der Waals surface area (Å²) >= 11 is 1.25. The number of ether oxygens (including phenoxy) is 3. The van der Waals surface area contributed by atoms with Gasteiger partial charge in [0.25, 0.3) is 5.56 Å². The van der Waals surface area contributed by atoms with E-state index in [-0.39, 0.29) is 17.9 Å². The third-order valence-corrected chi connectivity index (χ3v) is 7.80. The second-order valence-electron chi connectivity index (χ2n) is 9.25. The van der Waals surface area contributed by atoms with Gasteiger partial charge in [-0.2, -0.15) is 0 Å². The van der Waals surface area contributed by atoms with Crippen molar-refractivity contribution < 1.29 is 24.1 Å². The second kappa shape index (κ2) is 11.4. The molecule has 0 radical (unpaired) electrons. The Bertz CT molecular complexity index is 1820. The number of hydrogen-bond acceptors (Lipinski definition) is 8. The van der Waals surface area contributed by atoms with Gasteiger partial charge in [0.05, 0.1) is 36.6 Å². The first-order chi connectivity index (χ1) is 19.4. The highest BCUT2D eigenvalue weighted by Gasteiger charge is 2.37. The van der Waals surface area contributed by atoms with E-state index >= 15 is 0 Å². The van der Waals surface area contributed by atoms with E-state index in [1.165, 1.54) is 24.5 Å². The average molecular weight is 559 g/mol. The first-order valence-corrected chi connectivity index (χ1v) is 13.9. The number of esters is 1. The van der Waals surface area contributed by atoms with Gasteiger partial charge in [-0.3, -0.25) is 9.36 Å². The minimum atomic E-state index is -0.811. The molecule has 4 aromatic rings. The quantitative estimate of drug-likeness (QED) is 0.321. The number of methoxy groups -OCH3 is 2. The summed E-state index contributed by atoms with van der Waals surface area (Å²) in [5.41, 5.74) is 2.01. The lowest BCUT2D eigenvalue weighted by Crippen LogP contribution is -2.40. The number of hydrogen-bond donors (Lipinski definition) is 1. The summed E-state index contributed by atoms with van der Waals surface area (Å²) in [5.74, 6) is 0.357. The number of allylic oxidation sites excluding steroid dienone is 1. The fourth-order valence-electron chi connectivity index (χ4n) is 5.07. The standard InChI is InChI=1S/C31H30N2O6S/c1-5-9-21-27(30(36)39-6-2)28(26-20-11-8-7-10-19(20)13-15-23(26)37-3)33-29(35)25(40-31(33)32-21)17-18-12-14-22(34)24(16-18)38-4/h7-8,10-17,28,34H,5-6,9H2,1-4H3/b25-17-/t28-/m0/s1. The topological polar surface area (TPSA) is 99.4 Å². The minimum absolute atomic E-state index is 0.00689. The van der Waals surface area contributed by atoms with E-state index in [9.17, 15) is 14.7 Å². The maximum absolute atomic E-state index is 14.1. The summed E-state index contributed by atoms with van der Waals surface area (Å²) in [6, 6.07) is 15.7. The first-order valence-electron chi connectivity index (χ1n) is 13.1. The van der Waals surface area contributed by atoms with Gasteiger partial charge in [-0.15, -0.1) is 0 Å². The Hall–Kier alpha value is -4.37. The third-order valence-electron chi connectivity index (χ3n) is 6.82. The van der Waals surface area contributed by atoms with E-state index in [4.69, 9.17) is 19.2 Å². The van der Waals surface area contributed by atoms with Gasteiger partial charge in [0.2, 0.25) is 0 Å². The molecule has 40 heavy (non-hydrogen) atoms. The van der Waals surface area contributed by atoms with Crippen LogP contribution >= 0.6 is 11.3 Å². The Morgan fingerprint density at radius 1 is 1.07 bits per heavy atom. The van der Waals surface area contributed by atoms with Crippen LogP contribution in [0.5, 0.6) is 17.2 Å². The van der Waals surface area contributed by atoms with Crippen molar-refractivity contribution in [2.75, 3.05) is 20.8 Å². The van der Waals surface area contributed by atoms with Crippen molar-refractivity contribution in [3.8, 4) is 17.2 Å². The van der Waals surface area contributed by atoms with Gasteiger partial charge in [-0.25, -0.2) is 9.79 Å². The lowest BCUT2D eigenvalue weighted by atomic mass is 9.90. The van der Waals surface area contributed by atoms with Crippen molar-refractivity contribution in [2.45, 2.75) is 32.7 Å². The summed E-state index contributed by atoms with van der Waals surface area (Å²) in [5, 5.41) is 11.8. The number of aromatic nitrogens is 1. The number of aromatic hydroxyl groups is 1. The van der Waals surface area contributed by atoms with Crippen LogP contribution in [0.25, 0.3) is 16.8 Å². The molecule has 3 aromatic carbocycles. The number of nitrogens with zero attached hydrogens (tertiary/aromatic N) is 2. The van der Waals surface area contributed by atoms with Crippen LogP contribution in [0.15, 0.2) is 75.7 Å². The van der Waals surface area contributed by atoms with Crippen LogP contribution in [0.1, 0.15) is 43.9 Å². The maximum atomic E-state index is 14.1. The predicted molar refractivity (Wildman–Crippen MR) is 155 cm³/mol. The highest BCUT2D eigenvalue weighted by Crippen LogP contribution is 2.41. The van der Waals surface area contributed by atoms with Gasteiger partial charge in [0.1, 0.15) is 11.8 Å². The largest absolute Gasteiger partial charge is 0.504 e. The Morgan fingerprint density at radius 2 is 1.85 bits per heavy atom. The molecule has 2 heterocycles. The van der Waals surface area contributed by atoms with E-state index < -0.39 is 12.0 Å². The molecule has 0 saturated carbocycles. The Morgan fingerprint density at radius 3 is 2.58 bits per heavy atom. The molecule has 0 unspecified atom stereocenters. The van der Waals surface area contributed by atoms with E-state index in [1.807, 2.05) is 43.3 Å². The first kappa shape index (κ1) is 27.2. The molecule has 0 aliphatic carbocycles. The molecular weight excluding hydrogens is 528 g/mol. The van der Waals surface area contributed by atoms with Gasteiger partial charge >= 0.3 is 5.97 Å². The number of carbonyl (C=O) groups is 1. The molecular formula is C31H30N2O6S. The van der Waals surface area contributed by atoms with Crippen LogP contribution in [0, 0.1) is 0 Å². The summed E-state index contributed by atoms with van der Waals surface area (Å²) in [4.78, 5) is 33.0. The smallest absolute Gasteiger partial charge is 0.338 e. The summed E-state index contributed by atoms with van der Waals surface area (Å²) in [6.07, 6.45) is 3.03. The van der Waals surface area contributed by atoms with Gasteiger partial charge in [0.15, 0.2) is 16.3 Å². The number of phenolic OH excluding ortho intramolecular Hbond substituents is 1. The van der Waals surface area contributed by atoms with Crippen LogP contribution in [-0.2, 0) is 9.53 Å². The number of fused-ring (bicyclic) bond motifs is 2. The highest BCUT2D eigenvalue weighted by atomic mass is 32.1. The molecule has 0 amide bonds. The molecule has 8 nitrogen and oxygen atoms in total. The van der Waals surface area contributed by atoms with Gasteiger partial charge in [-0.05, 0) is 54.0 Å². The van der Waals surface area contributed by atoms with Crippen molar-refractivity contribution in [1.29, 1.82) is 0 Å². The second-order valence-corrected chi connectivity index (χ2v) is 10.3. The summed E-state index contributed by atoms with van der Waals surface area (Å²) in [7, 11) is 3.05. The maximum Gasteiger partial charge on any atom is 0.338 e. The molecule has 1 aliphatic heterocycles. The van der Waals surface area contributed by atoms with Crippen LogP contribution in [-0.4, -0.2) is 36.5 Å². The van der Waals surface area contributed by atoms with Crippen molar-refractivity contribution in [3.05, 3.63) is 96.7 Å². The van der Waals surface area contributed by atoms with Gasteiger partial charge in [-0.1, -0.05) is 61.1 Å². The number of rotatable bonds is 8. The van der Waals surface area contributed by atoms with E-state index in [2.05, 4.69) is 0 Å². The summed E-state index contributed by atoms with van der Waals surface area (Å²) in [6.45, 7) is 3.97.